The fraction of sp³-hybridized carbons (Fsp3) is 0.381. The highest BCUT2D eigenvalue weighted by atomic mass is 32.2. The first-order valence-electron chi connectivity index (χ1n) is 10.1. The molecule has 9 nitrogen and oxygen atoms in total. The first-order valence-corrected chi connectivity index (χ1v) is 11.1. The zero-order valence-electron chi connectivity index (χ0n) is 17.5. The summed E-state index contributed by atoms with van der Waals surface area (Å²) in [6.07, 6.45) is 2.88. The van der Waals surface area contributed by atoms with Crippen molar-refractivity contribution in [3.8, 4) is 5.75 Å². The summed E-state index contributed by atoms with van der Waals surface area (Å²) in [6, 6.07) is 7.86. The molecule has 3 heterocycles. The largest absolute Gasteiger partial charge is 0.495 e. The van der Waals surface area contributed by atoms with E-state index in [-0.39, 0.29) is 18.0 Å². The zero-order chi connectivity index (χ0) is 21.8. The normalized spacial score (nSPS) is 14.1. The monoisotopic (exact) mass is 440 g/mol. The van der Waals surface area contributed by atoms with Crippen molar-refractivity contribution >= 4 is 34.4 Å². The lowest BCUT2D eigenvalue weighted by Gasteiger charge is -2.36. The van der Waals surface area contributed by atoms with Crippen LogP contribution in [0.25, 0.3) is 11.0 Å². The number of nitrogens with zero attached hydrogens (tertiary/aromatic N) is 6. The van der Waals surface area contributed by atoms with Crippen LogP contribution in [0.2, 0.25) is 0 Å². The number of thioether (sulfide) groups is 1. The van der Waals surface area contributed by atoms with E-state index in [1.807, 2.05) is 31.2 Å². The Balaban J connectivity index is 1.43. The molecule has 0 radical (unpaired) electrons. The van der Waals surface area contributed by atoms with Gasteiger partial charge in [-0.25, -0.2) is 15.0 Å². The maximum Gasteiger partial charge on any atom is 0.264 e. The van der Waals surface area contributed by atoms with Crippen molar-refractivity contribution in [2.24, 2.45) is 0 Å². The predicted octanol–water partition coefficient (Wildman–Crippen LogP) is 1.66. The summed E-state index contributed by atoms with van der Waals surface area (Å²) in [5.74, 6) is 1.54. The Hall–Kier alpha value is -3.14. The standard InChI is InChI=1S/C21H24N6O3S/c1-3-31-21-22-12-15-19(24-21)23-14-27(20(15)29)13-18(28)26-10-8-25(9-11-26)16-6-4-5-7-17(16)30-2/h4-7,12,14H,3,8-11,13H2,1-2H3. The molecule has 2 aromatic heterocycles. The molecule has 1 aromatic carbocycles. The summed E-state index contributed by atoms with van der Waals surface area (Å²) in [7, 11) is 1.66. The summed E-state index contributed by atoms with van der Waals surface area (Å²) in [5, 5.41) is 0.903. The van der Waals surface area contributed by atoms with Crippen molar-refractivity contribution in [3.63, 3.8) is 0 Å². The molecule has 1 saturated heterocycles. The highest BCUT2D eigenvalue weighted by Crippen LogP contribution is 2.28. The Kier molecular flexibility index (Phi) is 6.36. The lowest BCUT2D eigenvalue weighted by atomic mass is 10.2. The van der Waals surface area contributed by atoms with Crippen molar-refractivity contribution in [1.82, 2.24) is 24.4 Å². The molecular weight excluding hydrogens is 416 g/mol. The van der Waals surface area contributed by atoms with Gasteiger partial charge >= 0.3 is 0 Å². The van der Waals surface area contributed by atoms with Gasteiger partial charge in [-0.15, -0.1) is 0 Å². The molecule has 4 rings (SSSR count). The molecule has 1 amide bonds. The smallest absolute Gasteiger partial charge is 0.264 e. The average Bonchev–Trinajstić information content (AvgIpc) is 2.81. The Labute approximate surface area is 184 Å². The number of fused-ring (bicyclic) bond motifs is 1. The molecule has 10 heteroatoms. The third kappa shape index (κ3) is 4.48. The number of piperazine rings is 1. The molecule has 0 saturated carbocycles. The van der Waals surface area contributed by atoms with Gasteiger partial charge in [0.1, 0.15) is 24.0 Å². The van der Waals surface area contributed by atoms with Crippen molar-refractivity contribution in [3.05, 3.63) is 47.1 Å². The number of hydrogen-bond donors (Lipinski definition) is 0. The molecule has 1 fully saturated rings. The highest BCUT2D eigenvalue weighted by Gasteiger charge is 2.23. The highest BCUT2D eigenvalue weighted by molar-refractivity contribution is 7.99. The molecular formula is C21H24N6O3S. The van der Waals surface area contributed by atoms with E-state index in [0.717, 1.165) is 17.2 Å². The van der Waals surface area contributed by atoms with E-state index in [4.69, 9.17) is 4.74 Å². The van der Waals surface area contributed by atoms with E-state index >= 15 is 0 Å². The summed E-state index contributed by atoms with van der Waals surface area (Å²) < 4.78 is 6.77. The number of aromatic nitrogens is 4. The van der Waals surface area contributed by atoms with Crippen LogP contribution in [-0.2, 0) is 11.3 Å². The molecule has 31 heavy (non-hydrogen) atoms. The van der Waals surface area contributed by atoms with E-state index < -0.39 is 0 Å². The van der Waals surface area contributed by atoms with Crippen LogP contribution in [0.15, 0.2) is 46.7 Å². The second-order valence-electron chi connectivity index (χ2n) is 7.04. The van der Waals surface area contributed by atoms with Crippen molar-refractivity contribution < 1.29 is 9.53 Å². The molecule has 162 valence electrons. The summed E-state index contributed by atoms with van der Waals surface area (Å²) >= 11 is 1.49. The van der Waals surface area contributed by atoms with Crippen molar-refractivity contribution in [2.75, 3.05) is 43.9 Å². The number of methoxy groups -OCH3 is 1. The molecule has 0 aliphatic carbocycles. The van der Waals surface area contributed by atoms with Crippen molar-refractivity contribution in [2.45, 2.75) is 18.6 Å². The first-order chi connectivity index (χ1) is 15.1. The fourth-order valence-corrected chi connectivity index (χ4v) is 4.12. The van der Waals surface area contributed by atoms with Crippen LogP contribution >= 0.6 is 11.8 Å². The fourth-order valence-electron chi connectivity index (χ4n) is 3.58. The summed E-state index contributed by atoms with van der Waals surface area (Å²) in [6.45, 7) is 4.50. The number of amides is 1. The molecule has 3 aromatic rings. The van der Waals surface area contributed by atoms with Gasteiger partial charge in [-0.05, 0) is 17.9 Å². The van der Waals surface area contributed by atoms with Crippen LogP contribution < -0.4 is 15.2 Å². The second-order valence-corrected chi connectivity index (χ2v) is 8.27. The molecule has 1 aliphatic rings. The number of benzene rings is 1. The molecule has 0 spiro atoms. The van der Waals surface area contributed by atoms with Gasteiger partial charge < -0.3 is 14.5 Å². The molecule has 0 N–H and O–H groups in total. The van der Waals surface area contributed by atoms with E-state index in [0.29, 0.717) is 42.4 Å². The van der Waals surface area contributed by atoms with Crippen LogP contribution in [0, 0.1) is 0 Å². The lowest BCUT2D eigenvalue weighted by Crippen LogP contribution is -2.50. The van der Waals surface area contributed by atoms with Crippen LogP contribution in [0.1, 0.15) is 6.92 Å². The van der Waals surface area contributed by atoms with Gasteiger partial charge in [-0.3, -0.25) is 14.2 Å². The van der Waals surface area contributed by atoms with Gasteiger partial charge in [-0.2, -0.15) is 0 Å². The number of rotatable bonds is 6. The second kappa shape index (κ2) is 9.34. The van der Waals surface area contributed by atoms with Gasteiger partial charge in [0.05, 0.1) is 12.8 Å². The third-order valence-corrected chi connectivity index (χ3v) is 5.94. The minimum Gasteiger partial charge on any atom is -0.495 e. The Morgan fingerprint density at radius 3 is 2.68 bits per heavy atom. The lowest BCUT2D eigenvalue weighted by molar-refractivity contribution is -0.132. The number of anilines is 1. The Morgan fingerprint density at radius 2 is 1.94 bits per heavy atom. The number of ether oxygens (including phenoxy) is 1. The molecule has 0 unspecified atom stereocenters. The molecule has 1 aliphatic heterocycles. The van der Waals surface area contributed by atoms with Crippen LogP contribution in [-0.4, -0.2) is 69.4 Å². The topological polar surface area (TPSA) is 93.5 Å². The van der Waals surface area contributed by atoms with Crippen LogP contribution in [0.4, 0.5) is 5.69 Å². The van der Waals surface area contributed by atoms with E-state index in [9.17, 15) is 9.59 Å². The van der Waals surface area contributed by atoms with Crippen LogP contribution in [0.3, 0.4) is 0 Å². The van der Waals surface area contributed by atoms with E-state index in [1.54, 1.807) is 12.0 Å². The number of hydrogen-bond acceptors (Lipinski definition) is 8. The van der Waals surface area contributed by atoms with E-state index in [2.05, 4.69) is 19.9 Å². The number of para-hydroxylation sites is 2. The maximum atomic E-state index is 12.8. The molecule has 0 bridgehead atoms. The van der Waals surface area contributed by atoms with Crippen LogP contribution in [0.5, 0.6) is 5.75 Å². The van der Waals surface area contributed by atoms with E-state index in [1.165, 1.54) is 28.9 Å². The minimum atomic E-state index is -0.306. The van der Waals surface area contributed by atoms with Gasteiger partial charge in [0.15, 0.2) is 10.8 Å². The minimum absolute atomic E-state index is 0.0537. The van der Waals surface area contributed by atoms with Gasteiger partial charge in [-0.1, -0.05) is 30.8 Å². The third-order valence-electron chi connectivity index (χ3n) is 5.19. The predicted molar refractivity (Wildman–Crippen MR) is 120 cm³/mol. The van der Waals surface area contributed by atoms with Gasteiger partial charge in [0.2, 0.25) is 5.91 Å². The summed E-state index contributed by atoms with van der Waals surface area (Å²) in [5.41, 5.74) is 1.07. The number of carbonyl (C=O) groups is 1. The molecule has 0 atom stereocenters. The number of carbonyl (C=O) groups excluding carboxylic acids is 1. The zero-order valence-corrected chi connectivity index (χ0v) is 18.3. The average molecular weight is 441 g/mol. The van der Waals surface area contributed by atoms with Gasteiger partial charge in [0.25, 0.3) is 5.56 Å². The Bertz CT molecular complexity index is 1140. The van der Waals surface area contributed by atoms with Crippen molar-refractivity contribution in [1.29, 1.82) is 0 Å². The first kappa shape index (κ1) is 21.1. The SMILES string of the molecule is CCSc1ncc2c(=O)n(CC(=O)N3CCN(c4ccccc4OC)CC3)cnc2n1. The summed E-state index contributed by atoms with van der Waals surface area (Å²) in [4.78, 5) is 42.3. The Morgan fingerprint density at radius 1 is 1.16 bits per heavy atom. The maximum absolute atomic E-state index is 12.8. The quantitative estimate of drug-likeness (QED) is 0.422. The van der Waals surface area contributed by atoms with Gasteiger partial charge in [0, 0.05) is 32.4 Å².